The summed E-state index contributed by atoms with van der Waals surface area (Å²) in [7, 11) is 0. The van der Waals surface area contributed by atoms with Gasteiger partial charge in [-0.25, -0.2) is 13.8 Å². The van der Waals surface area contributed by atoms with Crippen LogP contribution in [0.5, 0.6) is 0 Å². The minimum Gasteiger partial charge on any atom is -0.481 e. The molecule has 0 radical (unpaired) electrons. The molecule has 0 bridgehead atoms. The molecule has 3 nitrogen and oxygen atoms in total. The van der Waals surface area contributed by atoms with Crippen LogP contribution in [-0.2, 0) is 11.2 Å². The fourth-order valence-corrected chi connectivity index (χ4v) is 1.71. The number of rotatable bonds is 3. The molecule has 0 aliphatic carbocycles. The van der Waals surface area contributed by atoms with E-state index in [1.807, 2.05) is 0 Å². The lowest BCUT2D eigenvalue weighted by Gasteiger charge is -2.08. The van der Waals surface area contributed by atoms with Gasteiger partial charge in [-0.3, -0.25) is 4.79 Å². The maximum atomic E-state index is 13.7. The van der Waals surface area contributed by atoms with Gasteiger partial charge in [0.2, 0.25) is 5.95 Å². The van der Waals surface area contributed by atoms with Gasteiger partial charge in [0.15, 0.2) is 11.6 Å². The second-order valence-corrected chi connectivity index (χ2v) is 3.80. The predicted octanol–water partition coefficient (Wildman–Crippen LogP) is 2.79. The summed E-state index contributed by atoms with van der Waals surface area (Å²) in [5, 5.41) is 8.72. The Morgan fingerprint density at radius 1 is 1.11 bits per heavy atom. The van der Waals surface area contributed by atoms with E-state index >= 15 is 0 Å². The number of aromatic nitrogens is 1. The van der Waals surface area contributed by atoms with Gasteiger partial charge in [-0.1, -0.05) is 12.1 Å². The van der Waals surface area contributed by atoms with Crippen LogP contribution in [0.3, 0.4) is 0 Å². The molecule has 1 aromatic carbocycles. The summed E-state index contributed by atoms with van der Waals surface area (Å²) in [6.07, 6.45) is -0.580. The number of hydrogen-bond donors (Lipinski definition) is 1. The van der Waals surface area contributed by atoms with Crippen molar-refractivity contribution in [1.82, 2.24) is 4.98 Å². The molecule has 0 aliphatic heterocycles. The van der Waals surface area contributed by atoms with Gasteiger partial charge < -0.3 is 5.11 Å². The Morgan fingerprint density at radius 3 is 2.53 bits per heavy atom. The van der Waals surface area contributed by atoms with Crippen LogP contribution in [0.2, 0.25) is 0 Å². The molecule has 0 fully saturated rings. The summed E-state index contributed by atoms with van der Waals surface area (Å²) in [4.78, 5) is 14.1. The highest BCUT2D eigenvalue weighted by atomic mass is 19.2. The Balaban J connectivity index is 2.61. The molecule has 0 aliphatic rings. The third-order valence-electron chi connectivity index (χ3n) is 2.50. The van der Waals surface area contributed by atoms with Crippen molar-refractivity contribution in [2.75, 3.05) is 0 Å². The van der Waals surface area contributed by atoms with Crippen molar-refractivity contribution in [3.05, 3.63) is 53.6 Å². The third kappa shape index (κ3) is 2.73. The molecule has 2 aromatic rings. The standard InChI is InChI=1S/C13H8F3NO2/c14-9-3-1-2-8(13(9)16)7-4-5-11(15)17-10(7)6-12(18)19/h1-5H,6H2,(H,18,19). The van der Waals surface area contributed by atoms with E-state index in [2.05, 4.69) is 4.98 Å². The van der Waals surface area contributed by atoms with Crippen molar-refractivity contribution in [3.8, 4) is 11.1 Å². The zero-order valence-corrected chi connectivity index (χ0v) is 9.53. The summed E-state index contributed by atoms with van der Waals surface area (Å²) in [5.41, 5.74) is -0.249. The van der Waals surface area contributed by atoms with E-state index in [1.54, 1.807) is 0 Å². The molecule has 0 amide bonds. The maximum Gasteiger partial charge on any atom is 0.309 e. The molecule has 0 saturated heterocycles. The molecular weight excluding hydrogens is 259 g/mol. The number of pyridine rings is 1. The number of aliphatic carboxylic acids is 1. The molecule has 0 saturated carbocycles. The Hall–Kier alpha value is -2.37. The normalized spacial score (nSPS) is 10.5. The van der Waals surface area contributed by atoms with Gasteiger partial charge in [0, 0.05) is 11.1 Å². The lowest BCUT2D eigenvalue weighted by molar-refractivity contribution is -0.136. The monoisotopic (exact) mass is 267 g/mol. The zero-order chi connectivity index (χ0) is 14.0. The van der Waals surface area contributed by atoms with Crippen molar-refractivity contribution in [2.45, 2.75) is 6.42 Å². The third-order valence-corrected chi connectivity index (χ3v) is 2.50. The van der Waals surface area contributed by atoms with Gasteiger partial charge in [-0.2, -0.15) is 4.39 Å². The summed E-state index contributed by atoms with van der Waals surface area (Å²) < 4.78 is 39.8. The van der Waals surface area contributed by atoms with Crippen molar-refractivity contribution in [3.63, 3.8) is 0 Å². The number of nitrogens with zero attached hydrogens (tertiary/aromatic N) is 1. The van der Waals surface area contributed by atoms with Crippen LogP contribution in [0.25, 0.3) is 11.1 Å². The van der Waals surface area contributed by atoms with Crippen LogP contribution in [0, 0.1) is 17.6 Å². The van der Waals surface area contributed by atoms with Gasteiger partial charge in [0.25, 0.3) is 0 Å². The van der Waals surface area contributed by atoms with Gasteiger partial charge in [0.1, 0.15) is 0 Å². The van der Waals surface area contributed by atoms with E-state index in [4.69, 9.17) is 5.11 Å². The molecular formula is C13H8F3NO2. The first-order valence-corrected chi connectivity index (χ1v) is 5.30. The zero-order valence-electron chi connectivity index (χ0n) is 9.53. The number of carbonyl (C=O) groups is 1. The maximum absolute atomic E-state index is 13.7. The number of benzene rings is 1. The summed E-state index contributed by atoms with van der Waals surface area (Å²) in [6.45, 7) is 0. The second kappa shape index (κ2) is 5.09. The summed E-state index contributed by atoms with van der Waals surface area (Å²) in [5.74, 6) is -4.31. The van der Waals surface area contributed by atoms with Gasteiger partial charge in [0.05, 0.1) is 12.1 Å². The summed E-state index contributed by atoms with van der Waals surface area (Å²) >= 11 is 0. The lowest BCUT2D eigenvalue weighted by Crippen LogP contribution is -2.06. The van der Waals surface area contributed by atoms with Crippen LogP contribution >= 0.6 is 0 Å². The average Bonchev–Trinajstić information content (AvgIpc) is 2.33. The lowest BCUT2D eigenvalue weighted by atomic mass is 10.0. The molecule has 0 spiro atoms. The van der Waals surface area contributed by atoms with E-state index in [0.717, 1.165) is 12.1 Å². The second-order valence-electron chi connectivity index (χ2n) is 3.80. The van der Waals surface area contributed by atoms with Gasteiger partial charge >= 0.3 is 5.97 Å². The van der Waals surface area contributed by atoms with Crippen LogP contribution in [0.15, 0.2) is 30.3 Å². The Morgan fingerprint density at radius 2 is 1.84 bits per heavy atom. The fourth-order valence-electron chi connectivity index (χ4n) is 1.71. The SMILES string of the molecule is O=C(O)Cc1nc(F)ccc1-c1cccc(F)c1F. The van der Waals surface area contributed by atoms with E-state index in [1.165, 1.54) is 18.2 Å². The topological polar surface area (TPSA) is 50.2 Å². The number of hydrogen-bond acceptors (Lipinski definition) is 2. The van der Waals surface area contributed by atoms with Gasteiger partial charge in [-0.15, -0.1) is 0 Å². The highest BCUT2D eigenvalue weighted by Crippen LogP contribution is 2.27. The Kier molecular flexibility index (Phi) is 3.50. The highest BCUT2D eigenvalue weighted by molar-refractivity contribution is 5.75. The fraction of sp³-hybridized carbons (Fsp3) is 0.0769. The average molecular weight is 267 g/mol. The van der Waals surface area contributed by atoms with E-state index in [9.17, 15) is 18.0 Å². The first-order valence-electron chi connectivity index (χ1n) is 5.30. The molecule has 98 valence electrons. The number of halogens is 3. The first kappa shape index (κ1) is 13.1. The number of carboxylic acid groups (broad SMARTS) is 1. The number of carboxylic acids is 1. The van der Waals surface area contributed by atoms with Crippen molar-refractivity contribution in [2.24, 2.45) is 0 Å². The van der Waals surface area contributed by atoms with Crippen molar-refractivity contribution < 1.29 is 23.1 Å². The van der Waals surface area contributed by atoms with Crippen LogP contribution in [0.1, 0.15) is 5.69 Å². The molecule has 2 rings (SSSR count). The van der Waals surface area contributed by atoms with Crippen molar-refractivity contribution in [1.29, 1.82) is 0 Å². The smallest absolute Gasteiger partial charge is 0.309 e. The van der Waals surface area contributed by atoms with Crippen LogP contribution < -0.4 is 0 Å². The highest BCUT2D eigenvalue weighted by Gasteiger charge is 2.16. The minimum atomic E-state index is -1.24. The quantitative estimate of drug-likeness (QED) is 0.870. The predicted molar refractivity (Wildman–Crippen MR) is 60.9 cm³/mol. The van der Waals surface area contributed by atoms with E-state index in [0.29, 0.717) is 0 Å². The largest absolute Gasteiger partial charge is 0.481 e. The van der Waals surface area contributed by atoms with Crippen molar-refractivity contribution >= 4 is 5.97 Å². The van der Waals surface area contributed by atoms with Crippen LogP contribution in [0.4, 0.5) is 13.2 Å². The van der Waals surface area contributed by atoms with E-state index < -0.39 is 30.0 Å². The minimum absolute atomic E-state index is 0.0563. The van der Waals surface area contributed by atoms with Gasteiger partial charge in [-0.05, 0) is 18.2 Å². The molecule has 0 unspecified atom stereocenters. The molecule has 1 N–H and O–H groups in total. The molecule has 19 heavy (non-hydrogen) atoms. The summed E-state index contributed by atoms with van der Waals surface area (Å²) in [6, 6.07) is 5.64. The van der Waals surface area contributed by atoms with Crippen LogP contribution in [-0.4, -0.2) is 16.1 Å². The Bertz CT molecular complexity index is 644. The molecule has 6 heteroatoms. The first-order chi connectivity index (χ1) is 8.99. The molecule has 1 aromatic heterocycles. The molecule has 0 atom stereocenters. The Labute approximate surface area is 106 Å². The van der Waals surface area contributed by atoms with E-state index in [-0.39, 0.29) is 16.8 Å². The molecule has 1 heterocycles.